The van der Waals surface area contributed by atoms with Crippen LogP contribution in [-0.4, -0.2) is 47.1 Å². The van der Waals surface area contributed by atoms with Crippen LogP contribution >= 0.6 is 11.3 Å². The van der Waals surface area contributed by atoms with Crippen molar-refractivity contribution >= 4 is 23.2 Å². The number of carboxylic acids is 1. The number of carbonyl (C=O) groups is 2. The second-order valence-corrected chi connectivity index (χ2v) is 7.66. The van der Waals surface area contributed by atoms with Crippen molar-refractivity contribution in [3.63, 3.8) is 0 Å². The molecule has 1 aromatic heterocycles. The molecule has 6 heteroatoms. The van der Waals surface area contributed by atoms with Crippen molar-refractivity contribution in [3.8, 4) is 0 Å². The van der Waals surface area contributed by atoms with Crippen LogP contribution in [0.15, 0.2) is 16.8 Å². The zero-order valence-electron chi connectivity index (χ0n) is 13.4. The van der Waals surface area contributed by atoms with Gasteiger partial charge in [0.25, 0.3) is 0 Å². The minimum Gasteiger partial charge on any atom is -0.480 e. The van der Waals surface area contributed by atoms with E-state index in [1.807, 2.05) is 23.8 Å². The van der Waals surface area contributed by atoms with Crippen molar-refractivity contribution in [2.45, 2.75) is 50.6 Å². The summed E-state index contributed by atoms with van der Waals surface area (Å²) in [7, 11) is 0. The van der Waals surface area contributed by atoms with Crippen LogP contribution in [-0.2, 0) is 9.59 Å². The number of carbonyl (C=O) groups excluding carboxylic acids is 1. The van der Waals surface area contributed by atoms with Gasteiger partial charge in [0.05, 0.1) is 12.5 Å². The second-order valence-electron chi connectivity index (χ2n) is 6.88. The fourth-order valence-corrected chi connectivity index (χ4v) is 3.91. The Balaban J connectivity index is 1.45. The van der Waals surface area contributed by atoms with E-state index in [9.17, 15) is 9.59 Å². The van der Waals surface area contributed by atoms with Gasteiger partial charge in [-0.1, -0.05) is 0 Å². The molecule has 0 spiro atoms. The van der Waals surface area contributed by atoms with Crippen molar-refractivity contribution < 1.29 is 14.7 Å². The lowest BCUT2D eigenvalue weighted by molar-refractivity contribution is -0.140. The summed E-state index contributed by atoms with van der Waals surface area (Å²) >= 11 is 1.60. The Hall–Kier alpha value is -1.40. The van der Waals surface area contributed by atoms with E-state index in [0.29, 0.717) is 12.0 Å². The smallest absolute Gasteiger partial charge is 0.317 e. The van der Waals surface area contributed by atoms with Crippen LogP contribution in [0.5, 0.6) is 0 Å². The Morgan fingerprint density at radius 3 is 2.74 bits per heavy atom. The molecule has 2 saturated carbocycles. The summed E-state index contributed by atoms with van der Waals surface area (Å²) in [6.45, 7) is 2.94. The van der Waals surface area contributed by atoms with Crippen LogP contribution in [0.2, 0.25) is 0 Å². The SMILES string of the molecule is CC(C(=O)NC1CC(N(CC(=O)O)CC2CC2)C1)c1ccsc1. The average Bonchev–Trinajstić information content (AvgIpc) is 3.10. The van der Waals surface area contributed by atoms with Crippen molar-refractivity contribution in [1.29, 1.82) is 0 Å². The van der Waals surface area contributed by atoms with E-state index in [1.165, 1.54) is 12.8 Å². The average molecular weight is 336 g/mol. The first kappa shape index (κ1) is 16.5. The van der Waals surface area contributed by atoms with Gasteiger partial charge in [-0.15, -0.1) is 0 Å². The number of nitrogens with one attached hydrogen (secondary N) is 1. The predicted octanol–water partition coefficient (Wildman–Crippen LogP) is 2.30. The Morgan fingerprint density at radius 1 is 1.43 bits per heavy atom. The van der Waals surface area contributed by atoms with Gasteiger partial charge >= 0.3 is 5.97 Å². The van der Waals surface area contributed by atoms with Crippen LogP contribution in [0.3, 0.4) is 0 Å². The normalized spacial score (nSPS) is 25.0. The van der Waals surface area contributed by atoms with E-state index >= 15 is 0 Å². The summed E-state index contributed by atoms with van der Waals surface area (Å²) in [6, 6.07) is 2.47. The predicted molar refractivity (Wildman–Crippen MR) is 89.6 cm³/mol. The number of carboxylic acid groups (broad SMARTS) is 1. The van der Waals surface area contributed by atoms with Gasteiger partial charge in [-0.05, 0) is 60.9 Å². The number of aliphatic carboxylic acids is 1. The van der Waals surface area contributed by atoms with Crippen LogP contribution < -0.4 is 5.32 Å². The molecule has 1 heterocycles. The van der Waals surface area contributed by atoms with Crippen molar-refractivity contribution in [2.24, 2.45) is 5.92 Å². The molecule has 0 aromatic carbocycles. The molecule has 2 N–H and O–H groups in total. The molecule has 0 aliphatic heterocycles. The highest BCUT2D eigenvalue weighted by Gasteiger charge is 2.38. The fourth-order valence-electron chi connectivity index (χ4n) is 3.15. The monoisotopic (exact) mass is 336 g/mol. The van der Waals surface area contributed by atoms with Gasteiger partial charge in [0.1, 0.15) is 0 Å². The zero-order chi connectivity index (χ0) is 16.4. The van der Waals surface area contributed by atoms with E-state index in [2.05, 4.69) is 10.2 Å². The number of hydrogen-bond donors (Lipinski definition) is 2. The van der Waals surface area contributed by atoms with Gasteiger partial charge < -0.3 is 10.4 Å². The van der Waals surface area contributed by atoms with Gasteiger partial charge in [-0.3, -0.25) is 14.5 Å². The minimum absolute atomic E-state index is 0.0684. The van der Waals surface area contributed by atoms with Crippen LogP contribution in [0.4, 0.5) is 0 Å². The second kappa shape index (κ2) is 7.01. The Bertz CT molecular complexity index is 550. The summed E-state index contributed by atoms with van der Waals surface area (Å²) in [5, 5.41) is 16.2. The van der Waals surface area contributed by atoms with E-state index in [1.54, 1.807) is 11.3 Å². The maximum Gasteiger partial charge on any atom is 0.317 e. The van der Waals surface area contributed by atoms with E-state index in [-0.39, 0.29) is 24.4 Å². The molecule has 0 saturated heterocycles. The molecule has 3 rings (SSSR count). The van der Waals surface area contributed by atoms with Crippen LogP contribution in [0.25, 0.3) is 0 Å². The van der Waals surface area contributed by atoms with Gasteiger partial charge in [0.15, 0.2) is 0 Å². The molecule has 1 aromatic rings. The van der Waals surface area contributed by atoms with E-state index in [0.717, 1.165) is 24.9 Å². The minimum atomic E-state index is -0.760. The number of rotatable bonds is 8. The quantitative estimate of drug-likeness (QED) is 0.764. The summed E-state index contributed by atoms with van der Waals surface area (Å²) in [5.74, 6) is -0.133. The number of nitrogens with zero attached hydrogens (tertiary/aromatic N) is 1. The topological polar surface area (TPSA) is 69.6 Å². The largest absolute Gasteiger partial charge is 0.480 e. The van der Waals surface area contributed by atoms with Crippen LogP contribution in [0, 0.1) is 5.92 Å². The maximum absolute atomic E-state index is 12.3. The fraction of sp³-hybridized carbons (Fsp3) is 0.647. The first-order valence-corrected chi connectivity index (χ1v) is 9.25. The van der Waals surface area contributed by atoms with Gasteiger partial charge in [-0.25, -0.2) is 0 Å². The highest BCUT2D eigenvalue weighted by molar-refractivity contribution is 7.08. The molecule has 0 bridgehead atoms. The third-order valence-corrected chi connectivity index (χ3v) is 5.64. The van der Waals surface area contributed by atoms with Crippen molar-refractivity contribution in [1.82, 2.24) is 10.2 Å². The van der Waals surface area contributed by atoms with Gasteiger partial charge in [-0.2, -0.15) is 11.3 Å². The molecular formula is C17H24N2O3S. The molecule has 1 atom stereocenters. The standard InChI is InChI=1S/C17H24N2O3S/c1-11(13-4-5-23-10-13)17(22)18-14-6-15(7-14)19(9-16(20)21)8-12-2-3-12/h4-5,10-12,14-15H,2-3,6-9H2,1H3,(H,18,22)(H,20,21). The molecule has 23 heavy (non-hydrogen) atoms. The van der Waals surface area contributed by atoms with E-state index < -0.39 is 5.97 Å². The number of thiophene rings is 1. The molecule has 1 unspecified atom stereocenters. The molecule has 2 aliphatic rings. The molecule has 5 nitrogen and oxygen atoms in total. The van der Waals surface area contributed by atoms with Crippen molar-refractivity contribution in [2.75, 3.05) is 13.1 Å². The molecule has 1 amide bonds. The number of amides is 1. The summed E-state index contributed by atoms with van der Waals surface area (Å²) in [4.78, 5) is 25.4. The zero-order valence-corrected chi connectivity index (χ0v) is 14.2. The van der Waals surface area contributed by atoms with Crippen LogP contribution in [0.1, 0.15) is 44.1 Å². The molecule has 2 aliphatic carbocycles. The highest BCUT2D eigenvalue weighted by Crippen LogP contribution is 2.34. The lowest BCUT2D eigenvalue weighted by Gasteiger charge is -2.43. The summed E-state index contributed by atoms with van der Waals surface area (Å²) in [5.41, 5.74) is 1.06. The Labute approximate surface area is 140 Å². The number of hydrogen-bond acceptors (Lipinski definition) is 4. The third-order valence-electron chi connectivity index (χ3n) is 4.94. The first-order valence-electron chi connectivity index (χ1n) is 8.31. The summed E-state index contributed by atoms with van der Waals surface area (Å²) < 4.78 is 0. The maximum atomic E-state index is 12.3. The molecule has 0 radical (unpaired) electrons. The van der Waals surface area contributed by atoms with E-state index in [4.69, 9.17) is 5.11 Å². The molecular weight excluding hydrogens is 312 g/mol. The van der Waals surface area contributed by atoms with Gasteiger partial charge in [0.2, 0.25) is 5.91 Å². The summed E-state index contributed by atoms with van der Waals surface area (Å²) in [6.07, 6.45) is 4.17. The lowest BCUT2D eigenvalue weighted by Crippen LogP contribution is -2.55. The Kier molecular flexibility index (Phi) is 5.02. The highest BCUT2D eigenvalue weighted by atomic mass is 32.1. The van der Waals surface area contributed by atoms with Gasteiger partial charge in [0, 0.05) is 18.6 Å². The third kappa shape index (κ3) is 4.32. The van der Waals surface area contributed by atoms with Crippen molar-refractivity contribution in [3.05, 3.63) is 22.4 Å². The first-order chi connectivity index (χ1) is 11.0. The molecule has 2 fully saturated rings. The molecule has 126 valence electrons. The lowest BCUT2D eigenvalue weighted by atomic mass is 9.84. The Morgan fingerprint density at radius 2 is 2.17 bits per heavy atom.